The van der Waals surface area contributed by atoms with Gasteiger partial charge in [0.15, 0.2) is 9.84 Å². The van der Waals surface area contributed by atoms with Crippen LogP contribution in [0.4, 0.5) is 4.39 Å². The highest BCUT2D eigenvalue weighted by atomic mass is 32.2. The Morgan fingerprint density at radius 2 is 2.06 bits per heavy atom. The highest BCUT2D eigenvalue weighted by molar-refractivity contribution is 7.91. The number of ether oxygens (including phenoxy) is 1. The van der Waals surface area contributed by atoms with Crippen LogP contribution in [-0.2, 0) is 19.4 Å². The lowest BCUT2D eigenvalue weighted by Gasteiger charge is -2.07. The minimum absolute atomic E-state index is 0.0443. The molecule has 0 radical (unpaired) electrons. The Balaban J connectivity index is 2.94. The van der Waals surface area contributed by atoms with Crippen molar-refractivity contribution in [2.75, 3.05) is 12.9 Å². The monoisotopic (exact) mass is 260 g/mol. The molecule has 0 heterocycles. The number of carbonyl (C=O) groups excluding carboxylic acids is 1. The molecule has 0 saturated heterocycles. The highest BCUT2D eigenvalue weighted by Gasteiger charge is 2.19. The average molecular weight is 260 g/mol. The Kier molecular flexibility index (Phi) is 4.22. The molecule has 0 aliphatic heterocycles. The molecule has 0 N–H and O–H groups in total. The Hall–Kier alpha value is -1.43. The van der Waals surface area contributed by atoms with E-state index in [9.17, 15) is 17.6 Å². The van der Waals surface area contributed by atoms with E-state index in [0.717, 1.165) is 12.1 Å². The number of methoxy groups -OCH3 is 1. The van der Waals surface area contributed by atoms with Crippen LogP contribution < -0.4 is 0 Å². The van der Waals surface area contributed by atoms with Gasteiger partial charge in [0.2, 0.25) is 0 Å². The Morgan fingerprint density at radius 3 is 2.59 bits per heavy atom. The molecular weight excluding hydrogens is 247 g/mol. The summed E-state index contributed by atoms with van der Waals surface area (Å²) in [5.41, 5.74) is 0.329. The van der Waals surface area contributed by atoms with Crippen molar-refractivity contribution >= 4 is 15.8 Å². The lowest BCUT2D eigenvalue weighted by atomic mass is 10.2. The molecule has 0 saturated carbocycles. The summed E-state index contributed by atoms with van der Waals surface area (Å²) in [6, 6.07) is 3.43. The lowest BCUT2D eigenvalue weighted by Crippen LogP contribution is -2.13. The predicted octanol–water partition coefficient (Wildman–Crippen LogP) is 1.47. The van der Waals surface area contributed by atoms with Crippen LogP contribution >= 0.6 is 0 Å². The van der Waals surface area contributed by atoms with E-state index in [-0.39, 0.29) is 17.1 Å². The van der Waals surface area contributed by atoms with Gasteiger partial charge in [0.1, 0.15) is 5.82 Å². The molecule has 0 spiro atoms. The van der Waals surface area contributed by atoms with E-state index in [0.29, 0.717) is 5.56 Å². The number of sulfone groups is 1. The molecule has 1 aromatic carbocycles. The van der Waals surface area contributed by atoms with Crippen molar-refractivity contribution in [3.63, 3.8) is 0 Å². The van der Waals surface area contributed by atoms with Gasteiger partial charge in [-0.3, -0.25) is 4.79 Å². The summed E-state index contributed by atoms with van der Waals surface area (Å²) in [4.78, 5) is 10.9. The maximum atomic E-state index is 12.8. The molecule has 0 fully saturated rings. The van der Waals surface area contributed by atoms with Crippen molar-refractivity contribution in [2.45, 2.75) is 18.2 Å². The number of carbonyl (C=O) groups is 1. The standard InChI is InChI=1S/C11H13FO4S/c1-8-7-9(12)3-4-10(8)17(14,15)6-5-11(13)16-2/h3-4,7H,5-6H2,1-2H3. The van der Waals surface area contributed by atoms with Gasteiger partial charge in [-0.2, -0.15) is 0 Å². The summed E-state index contributed by atoms with van der Waals surface area (Å²) in [5.74, 6) is -1.42. The first-order valence-corrected chi connectivity index (χ1v) is 6.58. The van der Waals surface area contributed by atoms with Gasteiger partial charge in [0, 0.05) is 0 Å². The van der Waals surface area contributed by atoms with Crippen LogP contribution in [-0.4, -0.2) is 27.2 Å². The van der Waals surface area contributed by atoms with Crippen molar-refractivity contribution in [1.82, 2.24) is 0 Å². The Morgan fingerprint density at radius 1 is 1.41 bits per heavy atom. The van der Waals surface area contributed by atoms with Gasteiger partial charge in [-0.1, -0.05) is 0 Å². The highest BCUT2D eigenvalue weighted by Crippen LogP contribution is 2.18. The molecule has 0 bridgehead atoms. The molecule has 6 heteroatoms. The maximum absolute atomic E-state index is 12.8. The van der Waals surface area contributed by atoms with Crippen molar-refractivity contribution in [3.8, 4) is 0 Å². The second-order valence-corrected chi connectivity index (χ2v) is 5.63. The number of hydrogen-bond donors (Lipinski definition) is 0. The lowest BCUT2D eigenvalue weighted by molar-refractivity contribution is -0.140. The summed E-state index contributed by atoms with van der Waals surface area (Å²) >= 11 is 0. The molecule has 0 aliphatic carbocycles. The quantitative estimate of drug-likeness (QED) is 0.607. The summed E-state index contributed by atoms with van der Waals surface area (Å²) in [5, 5.41) is 0. The van der Waals surface area contributed by atoms with Crippen LogP contribution in [0.3, 0.4) is 0 Å². The molecule has 1 rings (SSSR count). The number of rotatable bonds is 4. The zero-order valence-corrected chi connectivity index (χ0v) is 10.4. The van der Waals surface area contributed by atoms with Crippen LogP contribution in [0.15, 0.2) is 23.1 Å². The Bertz CT molecular complexity index is 522. The summed E-state index contributed by atoms with van der Waals surface area (Å²) in [6.07, 6.45) is -0.213. The average Bonchev–Trinajstić information content (AvgIpc) is 2.25. The van der Waals surface area contributed by atoms with Crippen LogP contribution in [0.25, 0.3) is 0 Å². The van der Waals surface area contributed by atoms with Gasteiger partial charge < -0.3 is 4.74 Å². The smallest absolute Gasteiger partial charge is 0.306 e. The Labute approximate surface area is 99.3 Å². The summed E-state index contributed by atoms with van der Waals surface area (Å²) in [7, 11) is -2.39. The SMILES string of the molecule is COC(=O)CCS(=O)(=O)c1ccc(F)cc1C. The molecule has 0 amide bonds. The second-order valence-electron chi connectivity index (χ2n) is 3.55. The first-order valence-electron chi connectivity index (χ1n) is 4.92. The van der Waals surface area contributed by atoms with Crippen molar-refractivity contribution < 1.29 is 22.3 Å². The van der Waals surface area contributed by atoms with Crippen LogP contribution in [0.5, 0.6) is 0 Å². The van der Waals surface area contributed by atoms with Crippen molar-refractivity contribution in [3.05, 3.63) is 29.6 Å². The predicted molar refractivity (Wildman–Crippen MR) is 59.8 cm³/mol. The second kappa shape index (κ2) is 5.27. The van der Waals surface area contributed by atoms with E-state index in [1.54, 1.807) is 0 Å². The molecular formula is C11H13FO4S. The minimum Gasteiger partial charge on any atom is -0.469 e. The molecule has 0 unspecified atom stereocenters. The third kappa shape index (κ3) is 3.52. The summed E-state index contributed by atoms with van der Waals surface area (Å²) in [6.45, 7) is 1.51. The van der Waals surface area contributed by atoms with E-state index in [4.69, 9.17) is 0 Å². The number of benzene rings is 1. The van der Waals surface area contributed by atoms with Crippen LogP contribution in [0, 0.1) is 12.7 Å². The van der Waals surface area contributed by atoms with Gasteiger partial charge in [-0.05, 0) is 30.7 Å². The fraction of sp³-hybridized carbons (Fsp3) is 0.364. The largest absolute Gasteiger partial charge is 0.469 e. The fourth-order valence-corrected chi connectivity index (χ4v) is 2.87. The first-order chi connectivity index (χ1) is 7.86. The number of hydrogen-bond acceptors (Lipinski definition) is 4. The minimum atomic E-state index is -3.58. The number of esters is 1. The molecule has 4 nitrogen and oxygen atoms in total. The molecule has 17 heavy (non-hydrogen) atoms. The van der Waals surface area contributed by atoms with Crippen LogP contribution in [0.1, 0.15) is 12.0 Å². The summed E-state index contributed by atoms with van der Waals surface area (Å²) < 4.78 is 40.9. The first kappa shape index (κ1) is 13.6. The maximum Gasteiger partial charge on any atom is 0.306 e. The molecule has 94 valence electrons. The fourth-order valence-electron chi connectivity index (χ4n) is 1.39. The number of halogens is 1. The van der Waals surface area contributed by atoms with Crippen molar-refractivity contribution in [2.24, 2.45) is 0 Å². The number of aryl methyl sites for hydroxylation is 1. The van der Waals surface area contributed by atoms with Gasteiger partial charge in [0.25, 0.3) is 0 Å². The zero-order chi connectivity index (χ0) is 13.1. The zero-order valence-electron chi connectivity index (χ0n) is 9.57. The molecule has 0 atom stereocenters. The normalized spacial score (nSPS) is 11.2. The van der Waals surface area contributed by atoms with Crippen LogP contribution in [0.2, 0.25) is 0 Å². The molecule has 0 aromatic heterocycles. The van der Waals surface area contributed by atoms with E-state index >= 15 is 0 Å². The van der Waals surface area contributed by atoms with Crippen molar-refractivity contribution in [1.29, 1.82) is 0 Å². The van der Waals surface area contributed by atoms with E-state index in [1.807, 2.05) is 0 Å². The van der Waals surface area contributed by atoms with E-state index in [1.165, 1.54) is 20.1 Å². The van der Waals surface area contributed by atoms with Gasteiger partial charge >= 0.3 is 5.97 Å². The third-order valence-corrected chi connectivity index (χ3v) is 4.14. The van der Waals surface area contributed by atoms with E-state index < -0.39 is 21.6 Å². The van der Waals surface area contributed by atoms with Gasteiger partial charge in [0.05, 0.1) is 24.2 Å². The molecule has 0 aliphatic rings. The van der Waals surface area contributed by atoms with E-state index in [2.05, 4.69) is 4.74 Å². The van der Waals surface area contributed by atoms with Gasteiger partial charge in [-0.15, -0.1) is 0 Å². The third-order valence-electron chi connectivity index (χ3n) is 2.27. The topological polar surface area (TPSA) is 60.4 Å². The molecule has 1 aromatic rings. The van der Waals surface area contributed by atoms with Gasteiger partial charge in [-0.25, -0.2) is 12.8 Å².